The first-order chi connectivity index (χ1) is 9.10. The van der Waals surface area contributed by atoms with Crippen molar-refractivity contribution >= 4 is 21.8 Å². The zero-order valence-electron chi connectivity index (χ0n) is 11.4. The van der Waals surface area contributed by atoms with E-state index in [4.69, 9.17) is 4.74 Å². The van der Waals surface area contributed by atoms with Gasteiger partial charge in [-0.2, -0.15) is 0 Å². The maximum Gasteiger partial charge on any atom is 0.236 e. The van der Waals surface area contributed by atoms with Gasteiger partial charge < -0.3 is 9.64 Å². The van der Waals surface area contributed by atoms with Crippen LogP contribution >= 0.6 is 15.9 Å². The smallest absolute Gasteiger partial charge is 0.236 e. The van der Waals surface area contributed by atoms with Gasteiger partial charge in [-0.1, -0.05) is 15.9 Å². The van der Waals surface area contributed by atoms with E-state index in [1.54, 1.807) is 12.0 Å². The summed E-state index contributed by atoms with van der Waals surface area (Å²) in [7, 11) is 3.54. The minimum atomic E-state index is 0.187. The van der Waals surface area contributed by atoms with Gasteiger partial charge in [0.25, 0.3) is 0 Å². The van der Waals surface area contributed by atoms with Crippen molar-refractivity contribution in [2.24, 2.45) is 0 Å². The molecule has 0 bridgehead atoms. The maximum absolute atomic E-state index is 11.9. The highest BCUT2D eigenvalue weighted by atomic mass is 79.9. The van der Waals surface area contributed by atoms with E-state index in [2.05, 4.69) is 26.9 Å². The Morgan fingerprint density at radius 2 is 2.16 bits per heavy atom. The molecule has 1 aromatic carbocycles. The van der Waals surface area contributed by atoms with Gasteiger partial charge in [0.2, 0.25) is 5.91 Å². The molecule has 1 aliphatic rings. The van der Waals surface area contributed by atoms with Gasteiger partial charge in [0, 0.05) is 36.7 Å². The number of carbonyl (C=O) groups is 1. The predicted molar refractivity (Wildman–Crippen MR) is 78.2 cm³/mol. The lowest BCUT2D eigenvalue weighted by molar-refractivity contribution is -0.130. The molecule has 5 heteroatoms. The molecule has 0 N–H and O–H groups in total. The van der Waals surface area contributed by atoms with Crippen molar-refractivity contribution in [3.63, 3.8) is 0 Å². The van der Waals surface area contributed by atoms with Crippen molar-refractivity contribution in [2.45, 2.75) is 13.0 Å². The van der Waals surface area contributed by atoms with Gasteiger partial charge in [-0.05, 0) is 24.6 Å². The van der Waals surface area contributed by atoms with Crippen molar-refractivity contribution in [1.29, 1.82) is 0 Å². The molecule has 2 rings (SSSR count). The average Bonchev–Trinajstić information content (AvgIpc) is 2.52. The molecule has 0 spiro atoms. The number of amides is 1. The topological polar surface area (TPSA) is 32.8 Å². The number of carbonyl (C=O) groups excluding carboxylic acids is 1. The molecule has 0 saturated carbocycles. The van der Waals surface area contributed by atoms with Crippen LogP contribution in [-0.2, 0) is 11.3 Å². The normalized spacial score (nSPS) is 17.4. The second-order valence-corrected chi connectivity index (χ2v) is 5.75. The van der Waals surface area contributed by atoms with Gasteiger partial charge in [0.1, 0.15) is 5.75 Å². The van der Waals surface area contributed by atoms with Crippen molar-refractivity contribution in [1.82, 2.24) is 9.80 Å². The molecule has 1 fully saturated rings. The molecule has 0 radical (unpaired) electrons. The maximum atomic E-state index is 11.9. The van der Waals surface area contributed by atoms with Gasteiger partial charge in [-0.25, -0.2) is 0 Å². The SMILES string of the molecule is COc1ccc(Br)cc1CN1CCCN(C)C(=O)C1. The molecule has 19 heavy (non-hydrogen) atoms. The van der Waals surface area contributed by atoms with Crippen LogP contribution in [-0.4, -0.2) is 49.5 Å². The molecule has 1 amide bonds. The highest BCUT2D eigenvalue weighted by Gasteiger charge is 2.19. The summed E-state index contributed by atoms with van der Waals surface area (Å²) in [5, 5.41) is 0. The van der Waals surface area contributed by atoms with Crippen LogP contribution in [0.2, 0.25) is 0 Å². The number of halogens is 1. The summed E-state index contributed by atoms with van der Waals surface area (Å²) in [6, 6.07) is 5.97. The summed E-state index contributed by atoms with van der Waals surface area (Å²) >= 11 is 3.48. The average molecular weight is 327 g/mol. The third-order valence-electron chi connectivity index (χ3n) is 3.39. The lowest BCUT2D eigenvalue weighted by Crippen LogP contribution is -2.34. The predicted octanol–water partition coefficient (Wildman–Crippen LogP) is 2.12. The summed E-state index contributed by atoms with van der Waals surface area (Å²) in [6.07, 6.45) is 1.01. The molecule has 0 aromatic heterocycles. The number of rotatable bonds is 3. The number of benzene rings is 1. The quantitative estimate of drug-likeness (QED) is 0.853. The number of nitrogens with zero attached hydrogens (tertiary/aromatic N) is 2. The lowest BCUT2D eigenvalue weighted by atomic mass is 10.2. The van der Waals surface area contributed by atoms with E-state index < -0.39 is 0 Å². The monoisotopic (exact) mass is 326 g/mol. The lowest BCUT2D eigenvalue weighted by Gasteiger charge is -2.20. The molecule has 1 aliphatic heterocycles. The summed E-state index contributed by atoms with van der Waals surface area (Å²) in [6.45, 7) is 2.99. The minimum Gasteiger partial charge on any atom is -0.496 e. The van der Waals surface area contributed by atoms with Gasteiger partial charge in [0.15, 0.2) is 0 Å². The van der Waals surface area contributed by atoms with Crippen molar-refractivity contribution < 1.29 is 9.53 Å². The summed E-state index contributed by atoms with van der Waals surface area (Å²) in [5.41, 5.74) is 1.11. The Kier molecular flexibility index (Phi) is 4.82. The largest absolute Gasteiger partial charge is 0.496 e. The van der Waals surface area contributed by atoms with Crippen LogP contribution in [0.4, 0.5) is 0 Å². The van der Waals surface area contributed by atoms with Crippen LogP contribution in [0.3, 0.4) is 0 Å². The molecule has 0 unspecified atom stereocenters. The van der Waals surface area contributed by atoms with Crippen LogP contribution in [0.1, 0.15) is 12.0 Å². The highest BCUT2D eigenvalue weighted by molar-refractivity contribution is 9.10. The minimum absolute atomic E-state index is 0.187. The molecule has 0 aliphatic carbocycles. The highest BCUT2D eigenvalue weighted by Crippen LogP contribution is 2.24. The first-order valence-electron chi connectivity index (χ1n) is 6.39. The summed E-state index contributed by atoms with van der Waals surface area (Å²) in [5.74, 6) is 1.06. The second kappa shape index (κ2) is 6.39. The molecule has 104 valence electrons. The zero-order chi connectivity index (χ0) is 13.8. The Balaban J connectivity index is 2.12. The first kappa shape index (κ1) is 14.3. The van der Waals surface area contributed by atoms with Crippen molar-refractivity contribution in [3.05, 3.63) is 28.2 Å². The Labute approximate surface area is 122 Å². The van der Waals surface area contributed by atoms with Crippen LogP contribution in [0, 0.1) is 0 Å². The van der Waals surface area contributed by atoms with Crippen molar-refractivity contribution in [2.75, 3.05) is 33.8 Å². The van der Waals surface area contributed by atoms with Crippen molar-refractivity contribution in [3.8, 4) is 5.75 Å². The van der Waals surface area contributed by atoms with Crippen LogP contribution in [0.15, 0.2) is 22.7 Å². The number of hydrogen-bond acceptors (Lipinski definition) is 3. The third kappa shape index (κ3) is 3.70. The fraction of sp³-hybridized carbons (Fsp3) is 0.500. The molecule has 1 saturated heterocycles. The van der Waals surface area contributed by atoms with Gasteiger partial charge in [-0.3, -0.25) is 9.69 Å². The molecule has 1 aromatic rings. The van der Waals surface area contributed by atoms with E-state index in [-0.39, 0.29) is 5.91 Å². The van der Waals surface area contributed by atoms with E-state index in [1.807, 2.05) is 19.2 Å². The van der Waals surface area contributed by atoms with Gasteiger partial charge in [-0.15, -0.1) is 0 Å². The molecule has 4 nitrogen and oxygen atoms in total. The fourth-order valence-electron chi connectivity index (χ4n) is 2.29. The Morgan fingerprint density at radius 1 is 1.37 bits per heavy atom. The molecule has 0 atom stereocenters. The Hall–Kier alpha value is -1.07. The Bertz CT molecular complexity index is 465. The van der Waals surface area contributed by atoms with Crippen LogP contribution in [0.25, 0.3) is 0 Å². The summed E-state index contributed by atoms with van der Waals surface area (Å²) < 4.78 is 6.41. The summed E-state index contributed by atoms with van der Waals surface area (Å²) in [4.78, 5) is 15.9. The third-order valence-corrected chi connectivity index (χ3v) is 3.88. The first-order valence-corrected chi connectivity index (χ1v) is 7.18. The zero-order valence-corrected chi connectivity index (χ0v) is 12.9. The van der Waals surface area contributed by atoms with Crippen LogP contribution < -0.4 is 4.74 Å². The molecular weight excluding hydrogens is 308 g/mol. The number of ether oxygens (including phenoxy) is 1. The van der Waals surface area contributed by atoms with Gasteiger partial charge in [0.05, 0.1) is 13.7 Å². The van der Waals surface area contributed by atoms with E-state index in [0.717, 1.165) is 41.8 Å². The number of hydrogen-bond donors (Lipinski definition) is 0. The Morgan fingerprint density at radius 3 is 2.89 bits per heavy atom. The van der Waals surface area contributed by atoms with E-state index >= 15 is 0 Å². The number of likely N-dealkylation sites (N-methyl/N-ethyl adjacent to an activating group) is 1. The number of methoxy groups -OCH3 is 1. The molecular formula is C14H19BrN2O2. The second-order valence-electron chi connectivity index (χ2n) is 4.84. The van der Waals surface area contributed by atoms with Gasteiger partial charge >= 0.3 is 0 Å². The molecule has 1 heterocycles. The van der Waals surface area contributed by atoms with Crippen LogP contribution in [0.5, 0.6) is 5.75 Å². The fourth-order valence-corrected chi connectivity index (χ4v) is 2.70. The van der Waals surface area contributed by atoms with E-state index in [1.165, 1.54) is 0 Å². The van der Waals surface area contributed by atoms with E-state index in [9.17, 15) is 4.79 Å². The standard InChI is InChI=1S/C14H19BrN2O2/c1-16-6-3-7-17(10-14(16)18)9-11-8-12(15)4-5-13(11)19-2/h4-5,8H,3,6-7,9-10H2,1-2H3. The van der Waals surface area contributed by atoms with E-state index in [0.29, 0.717) is 6.54 Å².